The summed E-state index contributed by atoms with van der Waals surface area (Å²) in [7, 11) is 5.44. The summed E-state index contributed by atoms with van der Waals surface area (Å²) in [5.41, 5.74) is 2.26. The van der Waals surface area contributed by atoms with Crippen molar-refractivity contribution in [1.82, 2.24) is 15.2 Å². The van der Waals surface area contributed by atoms with E-state index in [4.69, 9.17) is 9.47 Å². The van der Waals surface area contributed by atoms with Gasteiger partial charge in [0, 0.05) is 51.0 Å². The second-order valence-electron chi connectivity index (χ2n) is 5.69. The Morgan fingerprint density at radius 3 is 2.63 bits per heavy atom. The Kier molecular flexibility index (Phi) is 11.3. The normalized spacial score (nSPS) is 10.9. The first-order valence-electron chi connectivity index (χ1n) is 8.36. The zero-order valence-electron chi connectivity index (χ0n) is 15.8. The SMILES string of the molecule is CN=C(NCc1ccc(OCCOC)nc1)N(C)Cc1ccccc1Br.I. The zero-order valence-corrected chi connectivity index (χ0v) is 19.7. The lowest BCUT2D eigenvalue weighted by Gasteiger charge is -2.22. The van der Waals surface area contributed by atoms with E-state index in [-0.39, 0.29) is 24.0 Å². The van der Waals surface area contributed by atoms with Crippen LogP contribution >= 0.6 is 39.9 Å². The number of aromatic nitrogens is 1. The monoisotopic (exact) mass is 548 g/mol. The number of hydrogen-bond acceptors (Lipinski definition) is 4. The third-order valence-corrected chi connectivity index (χ3v) is 4.50. The van der Waals surface area contributed by atoms with Gasteiger partial charge in [-0.05, 0) is 17.2 Å². The van der Waals surface area contributed by atoms with Gasteiger partial charge in [0.2, 0.25) is 5.88 Å². The van der Waals surface area contributed by atoms with Crippen molar-refractivity contribution >= 4 is 45.9 Å². The molecular weight excluding hydrogens is 523 g/mol. The molecule has 0 bridgehead atoms. The first kappa shape index (κ1) is 23.6. The van der Waals surface area contributed by atoms with E-state index in [0.717, 1.165) is 22.5 Å². The highest BCUT2D eigenvalue weighted by Gasteiger charge is 2.08. The summed E-state index contributed by atoms with van der Waals surface area (Å²) < 4.78 is 11.5. The molecule has 1 aromatic heterocycles. The minimum atomic E-state index is 0. The van der Waals surface area contributed by atoms with Crippen LogP contribution in [0.4, 0.5) is 0 Å². The van der Waals surface area contributed by atoms with Gasteiger partial charge in [-0.3, -0.25) is 4.99 Å². The van der Waals surface area contributed by atoms with Crippen molar-refractivity contribution < 1.29 is 9.47 Å². The van der Waals surface area contributed by atoms with Crippen molar-refractivity contribution in [2.45, 2.75) is 13.1 Å². The van der Waals surface area contributed by atoms with Gasteiger partial charge in [0.15, 0.2) is 5.96 Å². The number of methoxy groups -OCH3 is 1. The van der Waals surface area contributed by atoms with Crippen molar-refractivity contribution in [3.8, 4) is 5.88 Å². The van der Waals surface area contributed by atoms with E-state index in [2.05, 4.69) is 42.2 Å². The van der Waals surface area contributed by atoms with Gasteiger partial charge < -0.3 is 19.7 Å². The van der Waals surface area contributed by atoms with Gasteiger partial charge in [-0.2, -0.15) is 0 Å². The molecule has 0 atom stereocenters. The third-order valence-electron chi connectivity index (χ3n) is 3.72. The molecule has 6 nitrogen and oxygen atoms in total. The number of pyridine rings is 1. The van der Waals surface area contributed by atoms with Crippen molar-refractivity contribution in [1.29, 1.82) is 0 Å². The Labute approximate surface area is 186 Å². The van der Waals surface area contributed by atoms with E-state index in [0.29, 0.717) is 25.6 Å². The van der Waals surface area contributed by atoms with Crippen LogP contribution in [0, 0.1) is 0 Å². The summed E-state index contributed by atoms with van der Waals surface area (Å²) >= 11 is 3.59. The Hall–Kier alpha value is -1.39. The molecule has 0 amide bonds. The van der Waals surface area contributed by atoms with Gasteiger partial charge >= 0.3 is 0 Å². The molecule has 0 spiro atoms. The van der Waals surface area contributed by atoms with Crippen molar-refractivity contribution in [2.24, 2.45) is 4.99 Å². The summed E-state index contributed by atoms with van der Waals surface area (Å²) in [6, 6.07) is 12.0. The van der Waals surface area contributed by atoms with Crippen molar-refractivity contribution in [3.63, 3.8) is 0 Å². The van der Waals surface area contributed by atoms with E-state index < -0.39 is 0 Å². The average Bonchev–Trinajstić information content (AvgIpc) is 2.65. The minimum Gasteiger partial charge on any atom is -0.475 e. The first-order chi connectivity index (χ1) is 12.6. The number of nitrogens with one attached hydrogen (secondary N) is 1. The predicted octanol–water partition coefficient (Wildman–Crippen LogP) is 3.69. The van der Waals surface area contributed by atoms with Crippen LogP contribution in [-0.2, 0) is 17.8 Å². The molecule has 0 saturated carbocycles. The van der Waals surface area contributed by atoms with Crippen LogP contribution in [0.2, 0.25) is 0 Å². The zero-order chi connectivity index (χ0) is 18.8. The number of rotatable bonds is 8. The van der Waals surface area contributed by atoms with Crippen LogP contribution in [0.25, 0.3) is 0 Å². The van der Waals surface area contributed by atoms with Gasteiger partial charge in [-0.25, -0.2) is 4.98 Å². The predicted molar refractivity (Wildman–Crippen MR) is 123 cm³/mol. The number of ether oxygens (including phenoxy) is 2. The van der Waals surface area contributed by atoms with Gasteiger partial charge in [0.1, 0.15) is 6.61 Å². The molecule has 0 fully saturated rings. The molecule has 0 aliphatic carbocycles. The summed E-state index contributed by atoms with van der Waals surface area (Å²) in [4.78, 5) is 10.7. The van der Waals surface area contributed by atoms with Crippen LogP contribution in [0.15, 0.2) is 52.1 Å². The highest BCUT2D eigenvalue weighted by atomic mass is 127. The fourth-order valence-corrected chi connectivity index (χ4v) is 2.76. The molecule has 0 unspecified atom stereocenters. The van der Waals surface area contributed by atoms with Gasteiger partial charge in [-0.1, -0.05) is 40.2 Å². The molecule has 2 aromatic rings. The lowest BCUT2D eigenvalue weighted by Crippen LogP contribution is -2.38. The standard InChI is InChI=1S/C19H25BrN4O2.HI/c1-21-19(24(2)14-16-6-4-5-7-17(16)20)23-13-15-8-9-18(22-12-15)26-11-10-25-3;/h4-9,12H,10-11,13-14H2,1-3H3,(H,21,23);1H. The number of aliphatic imine (C=N–C) groups is 1. The van der Waals surface area contributed by atoms with E-state index in [9.17, 15) is 0 Å². The summed E-state index contributed by atoms with van der Waals surface area (Å²) in [6.45, 7) is 2.43. The van der Waals surface area contributed by atoms with Gasteiger partial charge in [0.05, 0.1) is 6.61 Å². The van der Waals surface area contributed by atoms with Gasteiger partial charge in [-0.15, -0.1) is 24.0 Å². The highest BCUT2D eigenvalue weighted by Crippen LogP contribution is 2.17. The topological polar surface area (TPSA) is 59.0 Å². The number of benzene rings is 1. The molecule has 27 heavy (non-hydrogen) atoms. The number of halogens is 2. The van der Waals surface area contributed by atoms with Crippen LogP contribution in [0.5, 0.6) is 5.88 Å². The highest BCUT2D eigenvalue weighted by molar-refractivity contribution is 14.0. The molecule has 1 heterocycles. The lowest BCUT2D eigenvalue weighted by atomic mass is 10.2. The Bertz CT molecular complexity index is 713. The molecule has 0 aliphatic heterocycles. The number of hydrogen-bond donors (Lipinski definition) is 1. The summed E-state index contributed by atoms with van der Waals surface area (Å²) in [5, 5.41) is 3.36. The van der Waals surface area contributed by atoms with E-state index in [1.807, 2.05) is 37.4 Å². The summed E-state index contributed by atoms with van der Waals surface area (Å²) in [5.74, 6) is 1.42. The molecule has 8 heteroatoms. The number of nitrogens with zero attached hydrogens (tertiary/aromatic N) is 3. The van der Waals surface area contributed by atoms with Crippen molar-refractivity contribution in [3.05, 3.63) is 58.2 Å². The van der Waals surface area contributed by atoms with Gasteiger partial charge in [0.25, 0.3) is 0 Å². The molecule has 148 valence electrons. The second kappa shape index (κ2) is 12.9. The smallest absolute Gasteiger partial charge is 0.213 e. The Morgan fingerprint density at radius 2 is 2.00 bits per heavy atom. The van der Waals surface area contributed by atoms with Crippen molar-refractivity contribution in [2.75, 3.05) is 34.4 Å². The molecule has 0 radical (unpaired) electrons. The molecular formula is C19H26BrIN4O2. The molecule has 1 aromatic carbocycles. The van der Waals surface area contributed by atoms with Crippen LogP contribution in [0.3, 0.4) is 0 Å². The van der Waals surface area contributed by atoms with E-state index >= 15 is 0 Å². The largest absolute Gasteiger partial charge is 0.475 e. The minimum absolute atomic E-state index is 0. The lowest BCUT2D eigenvalue weighted by molar-refractivity contribution is 0.143. The maximum Gasteiger partial charge on any atom is 0.213 e. The number of guanidine groups is 1. The summed E-state index contributed by atoms with van der Waals surface area (Å²) in [6.07, 6.45) is 1.80. The second-order valence-corrected chi connectivity index (χ2v) is 6.55. The molecule has 2 rings (SSSR count). The quantitative estimate of drug-likeness (QED) is 0.236. The fraction of sp³-hybridized carbons (Fsp3) is 0.368. The van der Waals surface area contributed by atoms with Crippen LogP contribution in [0.1, 0.15) is 11.1 Å². The first-order valence-corrected chi connectivity index (χ1v) is 9.15. The Balaban J connectivity index is 0.00000364. The maximum absolute atomic E-state index is 5.47. The van der Waals surface area contributed by atoms with E-state index in [1.54, 1.807) is 20.4 Å². The molecule has 0 saturated heterocycles. The van der Waals surface area contributed by atoms with Crippen LogP contribution < -0.4 is 10.1 Å². The van der Waals surface area contributed by atoms with E-state index in [1.165, 1.54) is 5.56 Å². The average molecular weight is 549 g/mol. The van der Waals surface area contributed by atoms with Crippen LogP contribution in [-0.4, -0.2) is 50.3 Å². The third kappa shape index (κ3) is 8.02. The molecule has 1 N–H and O–H groups in total. The fourth-order valence-electron chi connectivity index (χ4n) is 2.35. The molecule has 0 aliphatic rings. The maximum atomic E-state index is 5.47. The Morgan fingerprint density at radius 1 is 1.22 bits per heavy atom.